The molecule has 1 saturated carbocycles. The SMILES string of the molecule is CCCC1CCC(NC(C)=O)(C(=O)O)CC1. The molecule has 4 heteroatoms. The van der Waals surface area contributed by atoms with Gasteiger partial charge in [0.2, 0.25) is 5.91 Å². The second-order valence-electron chi connectivity index (χ2n) is 4.80. The summed E-state index contributed by atoms with van der Waals surface area (Å²) in [5.74, 6) is -0.514. The molecule has 2 N–H and O–H groups in total. The van der Waals surface area contributed by atoms with Gasteiger partial charge in [0, 0.05) is 6.92 Å². The van der Waals surface area contributed by atoms with Gasteiger partial charge in [0.1, 0.15) is 5.54 Å². The number of carboxylic acid groups (broad SMARTS) is 1. The van der Waals surface area contributed by atoms with Gasteiger partial charge in [0.15, 0.2) is 0 Å². The molecule has 16 heavy (non-hydrogen) atoms. The van der Waals surface area contributed by atoms with Crippen molar-refractivity contribution in [3.63, 3.8) is 0 Å². The molecule has 0 spiro atoms. The fourth-order valence-electron chi connectivity index (χ4n) is 2.60. The zero-order valence-corrected chi connectivity index (χ0v) is 10.1. The van der Waals surface area contributed by atoms with Gasteiger partial charge in [-0.3, -0.25) is 4.79 Å². The molecule has 0 aromatic rings. The fraction of sp³-hybridized carbons (Fsp3) is 0.833. The highest BCUT2D eigenvalue weighted by molar-refractivity contribution is 5.86. The second kappa shape index (κ2) is 5.32. The number of carbonyl (C=O) groups excluding carboxylic acids is 1. The lowest BCUT2D eigenvalue weighted by atomic mass is 9.75. The molecule has 1 fully saturated rings. The quantitative estimate of drug-likeness (QED) is 0.771. The average Bonchev–Trinajstić information content (AvgIpc) is 2.20. The summed E-state index contributed by atoms with van der Waals surface area (Å²) >= 11 is 0. The molecule has 0 unspecified atom stereocenters. The highest BCUT2D eigenvalue weighted by Crippen LogP contribution is 2.34. The molecule has 0 aromatic heterocycles. The molecule has 92 valence electrons. The summed E-state index contributed by atoms with van der Waals surface area (Å²) < 4.78 is 0. The van der Waals surface area contributed by atoms with Crippen molar-refractivity contribution in [2.75, 3.05) is 0 Å². The van der Waals surface area contributed by atoms with Crippen LogP contribution in [0.5, 0.6) is 0 Å². The van der Waals surface area contributed by atoms with E-state index in [2.05, 4.69) is 12.2 Å². The van der Waals surface area contributed by atoms with Gasteiger partial charge in [-0.1, -0.05) is 19.8 Å². The second-order valence-corrected chi connectivity index (χ2v) is 4.80. The van der Waals surface area contributed by atoms with Crippen molar-refractivity contribution in [3.05, 3.63) is 0 Å². The molecule has 0 aliphatic heterocycles. The number of amides is 1. The van der Waals surface area contributed by atoms with E-state index in [-0.39, 0.29) is 5.91 Å². The monoisotopic (exact) mass is 227 g/mol. The van der Waals surface area contributed by atoms with Gasteiger partial charge in [0.25, 0.3) is 0 Å². The van der Waals surface area contributed by atoms with Gasteiger partial charge in [-0.05, 0) is 31.6 Å². The summed E-state index contributed by atoms with van der Waals surface area (Å²) in [5.41, 5.74) is -1.00. The zero-order valence-electron chi connectivity index (χ0n) is 10.1. The first-order chi connectivity index (χ1) is 7.50. The van der Waals surface area contributed by atoms with Crippen LogP contribution in [0.3, 0.4) is 0 Å². The van der Waals surface area contributed by atoms with E-state index in [0.29, 0.717) is 18.8 Å². The molecule has 1 rings (SSSR count). The van der Waals surface area contributed by atoms with Gasteiger partial charge < -0.3 is 10.4 Å². The van der Waals surface area contributed by atoms with Crippen molar-refractivity contribution in [1.82, 2.24) is 5.32 Å². The molecule has 0 atom stereocenters. The Balaban J connectivity index is 2.62. The molecule has 0 bridgehead atoms. The first-order valence-electron chi connectivity index (χ1n) is 6.02. The van der Waals surface area contributed by atoms with E-state index in [0.717, 1.165) is 25.7 Å². The predicted molar refractivity (Wildman–Crippen MR) is 61.0 cm³/mol. The van der Waals surface area contributed by atoms with Crippen LogP contribution in [0.4, 0.5) is 0 Å². The third kappa shape index (κ3) is 2.97. The van der Waals surface area contributed by atoms with Crippen LogP contribution in [0.25, 0.3) is 0 Å². The molecule has 0 radical (unpaired) electrons. The summed E-state index contributed by atoms with van der Waals surface area (Å²) in [6.07, 6.45) is 5.24. The maximum Gasteiger partial charge on any atom is 0.329 e. The van der Waals surface area contributed by atoms with Crippen molar-refractivity contribution in [2.24, 2.45) is 5.92 Å². The van der Waals surface area contributed by atoms with Crippen molar-refractivity contribution in [1.29, 1.82) is 0 Å². The van der Waals surface area contributed by atoms with Crippen LogP contribution >= 0.6 is 0 Å². The van der Waals surface area contributed by atoms with Crippen LogP contribution in [0.15, 0.2) is 0 Å². The molecule has 1 amide bonds. The summed E-state index contributed by atoms with van der Waals surface area (Å²) in [4.78, 5) is 22.3. The third-order valence-corrected chi connectivity index (χ3v) is 3.48. The van der Waals surface area contributed by atoms with Crippen LogP contribution in [0, 0.1) is 5.92 Å². The Hall–Kier alpha value is -1.06. The van der Waals surface area contributed by atoms with E-state index in [9.17, 15) is 14.7 Å². The fourth-order valence-corrected chi connectivity index (χ4v) is 2.60. The van der Waals surface area contributed by atoms with Crippen molar-refractivity contribution >= 4 is 11.9 Å². The lowest BCUT2D eigenvalue weighted by Crippen LogP contribution is -2.55. The van der Waals surface area contributed by atoms with Crippen LogP contribution in [-0.2, 0) is 9.59 Å². The van der Waals surface area contributed by atoms with Crippen LogP contribution in [-0.4, -0.2) is 22.5 Å². The largest absolute Gasteiger partial charge is 0.480 e. The van der Waals surface area contributed by atoms with E-state index >= 15 is 0 Å². The lowest BCUT2D eigenvalue weighted by Gasteiger charge is -2.37. The minimum absolute atomic E-state index is 0.253. The van der Waals surface area contributed by atoms with E-state index in [1.165, 1.54) is 6.92 Å². The maximum atomic E-state index is 11.3. The summed E-state index contributed by atoms with van der Waals surface area (Å²) in [5, 5.41) is 11.9. The Bertz CT molecular complexity index is 267. The average molecular weight is 227 g/mol. The number of aliphatic carboxylic acids is 1. The minimum Gasteiger partial charge on any atom is -0.480 e. The molecule has 0 saturated heterocycles. The number of hydrogen-bond acceptors (Lipinski definition) is 2. The Morgan fingerprint density at radius 3 is 2.31 bits per heavy atom. The van der Waals surface area contributed by atoms with Crippen LogP contribution in [0.1, 0.15) is 52.4 Å². The number of carboxylic acids is 1. The van der Waals surface area contributed by atoms with Gasteiger partial charge >= 0.3 is 5.97 Å². The summed E-state index contributed by atoms with van der Waals surface area (Å²) in [6, 6.07) is 0. The topological polar surface area (TPSA) is 66.4 Å². The smallest absolute Gasteiger partial charge is 0.329 e. The molecular weight excluding hydrogens is 206 g/mol. The van der Waals surface area contributed by atoms with E-state index in [1.54, 1.807) is 0 Å². The van der Waals surface area contributed by atoms with Gasteiger partial charge in [-0.15, -0.1) is 0 Å². The van der Waals surface area contributed by atoms with Crippen LogP contribution < -0.4 is 5.32 Å². The lowest BCUT2D eigenvalue weighted by molar-refractivity contribution is -0.149. The highest BCUT2D eigenvalue weighted by atomic mass is 16.4. The number of rotatable bonds is 4. The van der Waals surface area contributed by atoms with E-state index in [4.69, 9.17) is 0 Å². The van der Waals surface area contributed by atoms with E-state index in [1.807, 2.05) is 0 Å². The van der Waals surface area contributed by atoms with Crippen molar-refractivity contribution in [2.45, 2.75) is 57.9 Å². The molecule has 1 aliphatic rings. The Labute approximate surface area is 96.4 Å². The first-order valence-corrected chi connectivity index (χ1v) is 6.02. The standard InChI is InChI=1S/C12H21NO3/c1-3-4-10-5-7-12(8-6-10,11(15)16)13-9(2)14/h10H,3-8H2,1-2H3,(H,13,14)(H,15,16). The van der Waals surface area contributed by atoms with Gasteiger partial charge in [-0.25, -0.2) is 4.79 Å². The van der Waals surface area contributed by atoms with Crippen LogP contribution in [0.2, 0.25) is 0 Å². The minimum atomic E-state index is -1.00. The van der Waals surface area contributed by atoms with Crippen molar-refractivity contribution < 1.29 is 14.7 Å². The zero-order chi connectivity index (χ0) is 12.2. The number of hydrogen-bond donors (Lipinski definition) is 2. The predicted octanol–water partition coefficient (Wildman–Crippen LogP) is 1.94. The molecule has 1 aliphatic carbocycles. The van der Waals surface area contributed by atoms with Crippen molar-refractivity contribution in [3.8, 4) is 0 Å². The highest BCUT2D eigenvalue weighted by Gasteiger charge is 2.42. The normalized spacial score (nSPS) is 29.8. The molecular formula is C12H21NO3. The number of nitrogens with one attached hydrogen (secondary N) is 1. The maximum absolute atomic E-state index is 11.3. The first kappa shape index (κ1) is 13.0. The Kier molecular flexibility index (Phi) is 4.33. The van der Waals surface area contributed by atoms with Gasteiger partial charge in [-0.2, -0.15) is 0 Å². The Morgan fingerprint density at radius 1 is 1.38 bits per heavy atom. The molecule has 4 nitrogen and oxygen atoms in total. The summed E-state index contributed by atoms with van der Waals surface area (Å²) in [6.45, 7) is 3.52. The summed E-state index contributed by atoms with van der Waals surface area (Å²) in [7, 11) is 0. The van der Waals surface area contributed by atoms with E-state index < -0.39 is 11.5 Å². The van der Waals surface area contributed by atoms with Gasteiger partial charge in [0.05, 0.1) is 0 Å². The number of carbonyl (C=O) groups is 2. The Morgan fingerprint density at radius 2 is 1.94 bits per heavy atom. The molecule has 0 aromatic carbocycles. The molecule has 0 heterocycles. The third-order valence-electron chi connectivity index (χ3n) is 3.48.